The van der Waals surface area contributed by atoms with Crippen molar-refractivity contribution in [1.29, 1.82) is 0 Å². The van der Waals surface area contributed by atoms with Crippen molar-refractivity contribution >= 4 is 46.0 Å². The number of hydrogen-bond acceptors (Lipinski definition) is 3. The highest BCUT2D eigenvalue weighted by Gasteiger charge is 2.14. The fraction of sp³-hybridized carbons (Fsp3) is 0. The molecule has 2 rings (SSSR count). The normalized spacial score (nSPS) is 10.1. The SMILES string of the molecule is O=[N+]([O-])c1cc(NC(=S)Nc2ccc(F)c(Cl)c2)ccc1F. The fourth-order valence-corrected chi connectivity index (χ4v) is 2.01. The quantitative estimate of drug-likeness (QED) is 0.493. The smallest absolute Gasteiger partial charge is 0.306 e. The summed E-state index contributed by atoms with van der Waals surface area (Å²) in [5.74, 6) is -1.51. The summed E-state index contributed by atoms with van der Waals surface area (Å²) in [6, 6.07) is 7.18. The van der Waals surface area contributed by atoms with Crippen molar-refractivity contribution in [3.05, 3.63) is 63.2 Å². The molecule has 2 aromatic rings. The van der Waals surface area contributed by atoms with Gasteiger partial charge in [-0.05, 0) is 42.5 Å². The van der Waals surface area contributed by atoms with E-state index < -0.39 is 22.2 Å². The van der Waals surface area contributed by atoms with Gasteiger partial charge in [0, 0.05) is 17.4 Å². The summed E-state index contributed by atoms with van der Waals surface area (Å²) in [6.45, 7) is 0. The van der Waals surface area contributed by atoms with E-state index in [1.54, 1.807) is 0 Å². The molecule has 2 aromatic carbocycles. The molecule has 0 atom stereocenters. The van der Waals surface area contributed by atoms with Gasteiger partial charge in [-0.1, -0.05) is 11.6 Å². The van der Waals surface area contributed by atoms with E-state index >= 15 is 0 Å². The van der Waals surface area contributed by atoms with Gasteiger partial charge in [0.05, 0.1) is 9.95 Å². The Balaban J connectivity index is 2.10. The standard InChI is InChI=1S/C13H8ClF2N3O2S/c14-9-5-7(1-3-10(9)15)17-13(22)18-8-2-4-11(16)12(6-8)19(20)21/h1-6H,(H2,17,18,22). The zero-order chi connectivity index (χ0) is 16.3. The second-order valence-corrected chi connectivity index (χ2v) is 4.95. The van der Waals surface area contributed by atoms with E-state index in [1.807, 2.05) is 0 Å². The van der Waals surface area contributed by atoms with E-state index in [2.05, 4.69) is 10.6 Å². The van der Waals surface area contributed by atoms with Gasteiger partial charge < -0.3 is 10.6 Å². The Labute approximate surface area is 134 Å². The summed E-state index contributed by atoms with van der Waals surface area (Å²) < 4.78 is 26.3. The molecule has 9 heteroatoms. The topological polar surface area (TPSA) is 67.2 Å². The van der Waals surface area contributed by atoms with Crippen molar-refractivity contribution in [3.63, 3.8) is 0 Å². The zero-order valence-corrected chi connectivity index (χ0v) is 12.3. The highest BCUT2D eigenvalue weighted by atomic mass is 35.5. The van der Waals surface area contributed by atoms with Gasteiger partial charge in [-0.25, -0.2) is 4.39 Å². The van der Waals surface area contributed by atoms with Crippen LogP contribution < -0.4 is 10.6 Å². The number of nitrogens with zero attached hydrogens (tertiary/aromatic N) is 1. The van der Waals surface area contributed by atoms with Crippen LogP contribution in [-0.4, -0.2) is 10.0 Å². The molecule has 0 unspecified atom stereocenters. The molecule has 2 N–H and O–H groups in total. The number of thiocarbonyl (C=S) groups is 1. The van der Waals surface area contributed by atoms with Crippen molar-refractivity contribution in [1.82, 2.24) is 0 Å². The van der Waals surface area contributed by atoms with E-state index in [9.17, 15) is 18.9 Å². The molecule has 0 radical (unpaired) electrons. The lowest BCUT2D eigenvalue weighted by Crippen LogP contribution is -2.19. The Kier molecular flexibility index (Phi) is 4.84. The summed E-state index contributed by atoms with van der Waals surface area (Å²) in [5.41, 5.74) is -0.00283. The van der Waals surface area contributed by atoms with Gasteiger partial charge in [0.25, 0.3) is 0 Å². The first-order valence-electron chi connectivity index (χ1n) is 5.84. The molecule has 0 amide bonds. The Morgan fingerprint density at radius 1 is 1.09 bits per heavy atom. The molecule has 114 valence electrons. The van der Waals surface area contributed by atoms with Crippen LogP contribution in [0, 0.1) is 21.7 Å². The first kappa shape index (κ1) is 16.1. The summed E-state index contributed by atoms with van der Waals surface area (Å²) in [7, 11) is 0. The molecular formula is C13H8ClF2N3O2S. The third-order valence-corrected chi connectivity index (χ3v) is 3.07. The number of nitrogens with one attached hydrogen (secondary N) is 2. The molecule has 0 aliphatic rings. The molecule has 0 saturated carbocycles. The van der Waals surface area contributed by atoms with E-state index in [1.165, 1.54) is 18.2 Å². The van der Waals surface area contributed by atoms with E-state index in [-0.39, 0.29) is 15.8 Å². The summed E-state index contributed by atoms with van der Waals surface area (Å²) >= 11 is 10.6. The number of anilines is 2. The van der Waals surface area contributed by atoms with Crippen molar-refractivity contribution < 1.29 is 13.7 Å². The zero-order valence-electron chi connectivity index (χ0n) is 10.8. The second-order valence-electron chi connectivity index (χ2n) is 4.13. The van der Waals surface area contributed by atoms with Crippen LogP contribution in [0.25, 0.3) is 0 Å². The van der Waals surface area contributed by atoms with E-state index in [4.69, 9.17) is 23.8 Å². The first-order chi connectivity index (χ1) is 10.4. The highest BCUT2D eigenvalue weighted by molar-refractivity contribution is 7.80. The number of rotatable bonds is 3. The van der Waals surface area contributed by atoms with Gasteiger partial charge in [0.15, 0.2) is 5.11 Å². The molecule has 22 heavy (non-hydrogen) atoms. The number of halogens is 3. The van der Waals surface area contributed by atoms with Crippen LogP contribution in [0.1, 0.15) is 0 Å². The Morgan fingerprint density at radius 2 is 1.64 bits per heavy atom. The Bertz CT molecular complexity index is 758. The van der Waals surface area contributed by atoms with Gasteiger partial charge in [-0.3, -0.25) is 10.1 Å². The van der Waals surface area contributed by atoms with Crippen LogP contribution in [0.2, 0.25) is 5.02 Å². The third-order valence-electron chi connectivity index (χ3n) is 2.58. The first-order valence-corrected chi connectivity index (χ1v) is 6.62. The number of nitro groups is 1. The average molecular weight is 344 g/mol. The minimum Gasteiger partial charge on any atom is -0.332 e. The maximum atomic E-state index is 13.2. The lowest BCUT2D eigenvalue weighted by Gasteiger charge is -2.11. The van der Waals surface area contributed by atoms with Crippen LogP contribution in [0.4, 0.5) is 25.8 Å². The van der Waals surface area contributed by atoms with Gasteiger partial charge in [-0.2, -0.15) is 4.39 Å². The minimum absolute atomic E-state index is 0.0785. The average Bonchev–Trinajstić information content (AvgIpc) is 2.44. The molecule has 0 aliphatic heterocycles. The van der Waals surface area contributed by atoms with Crippen molar-refractivity contribution in [2.24, 2.45) is 0 Å². The monoisotopic (exact) mass is 343 g/mol. The van der Waals surface area contributed by atoms with E-state index in [0.29, 0.717) is 5.69 Å². The molecule has 5 nitrogen and oxygen atoms in total. The molecule has 0 spiro atoms. The van der Waals surface area contributed by atoms with Gasteiger partial charge in [-0.15, -0.1) is 0 Å². The Hall–Kier alpha value is -2.32. The molecule has 0 aromatic heterocycles. The second kappa shape index (κ2) is 6.63. The predicted molar refractivity (Wildman–Crippen MR) is 84.3 cm³/mol. The van der Waals surface area contributed by atoms with E-state index in [0.717, 1.165) is 18.2 Å². The van der Waals surface area contributed by atoms with Crippen molar-refractivity contribution in [3.8, 4) is 0 Å². The van der Waals surface area contributed by atoms with Crippen molar-refractivity contribution in [2.75, 3.05) is 10.6 Å². The predicted octanol–water partition coefficient (Wildman–Crippen LogP) is 4.34. The van der Waals surface area contributed by atoms with Crippen LogP contribution in [-0.2, 0) is 0 Å². The fourth-order valence-electron chi connectivity index (χ4n) is 1.60. The lowest BCUT2D eigenvalue weighted by molar-refractivity contribution is -0.387. The largest absolute Gasteiger partial charge is 0.332 e. The van der Waals surface area contributed by atoms with Crippen LogP contribution in [0.15, 0.2) is 36.4 Å². The molecule has 0 bridgehead atoms. The minimum atomic E-state index is -0.945. The molecule has 0 fully saturated rings. The van der Waals surface area contributed by atoms with Gasteiger partial charge >= 0.3 is 5.69 Å². The van der Waals surface area contributed by atoms with Crippen LogP contribution in [0.5, 0.6) is 0 Å². The van der Waals surface area contributed by atoms with Crippen molar-refractivity contribution in [2.45, 2.75) is 0 Å². The summed E-state index contributed by atoms with van der Waals surface area (Å²) in [6.07, 6.45) is 0. The molecule has 0 heterocycles. The molecular weight excluding hydrogens is 336 g/mol. The molecule has 0 aliphatic carbocycles. The maximum absolute atomic E-state index is 13.2. The number of benzene rings is 2. The maximum Gasteiger partial charge on any atom is 0.306 e. The third kappa shape index (κ3) is 3.86. The number of hydrogen-bond donors (Lipinski definition) is 2. The highest BCUT2D eigenvalue weighted by Crippen LogP contribution is 2.22. The van der Waals surface area contributed by atoms with Gasteiger partial charge in [0.2, 0.25) is 5.82 Å². The molecule has 0 saturated heterocycles. The number of nitro benzene ring substituents is 1. The van der Waals surface area contributed by atoms with Crippen LogP contribution in [0.3, 0.4) is 0 Å². The summed E-state index contributed by atoms with van der Waals surface area (Å²) in [5, 5.41) is 16.1. The summed E-state index contributed by atoms with van der Waals surface area (Å²) in [4.78, 5) is 9.82. The Morgan fingerprint density at radius 3 is 2.18 bits per heavy atom. The lowest BCUT2D eigenvalue weighted by atomic mass is 10.2. The van der Waals surface area contributed by atoms with Crippen LogP contribution >= 0.6 is 23.8 Å². The van der Waals surface area contributed by atoms with Gasteiger partial charge in [0.1, 0.15) is 5.82 Å².